The number of nitrogens with zero attached hydrogens (tertiary/aromatic N) is 1. The molecule has 5 nitrogen and oxygen atoms in total. The number of aryl methyl sites for hydroxylation is 2. The van der Waals surface area contributed by atoms with Crippen molar-refractivity contribution < 1.29 is 4.79 Å². The number of amides is 1. The van der Waals surface area contributed by atoms with Crippen molar-refractivity contribution >= 4 is 28.4 Å². The topological polar surface area (TPSA) is 66.9 Å². The number of rotatable bonds is 4. The van der Waals surface area contributed by atoms with Crippen LogP contribution in [0, 0.1) is 6.92 Å². The molecule has 0 unspecified atom stereocenters. The molecule has 0 atom stereocenters. The summed E-state index contributed by atoms with van der Waals surface area (Å²) in [7, 11) is 1.62. The zero-order chi connectivity index (χ0) is 20.5. The molecule has 0 aliphatic carbocycles. The number of nitrogens with one attached hydrogen (secondary N) is 2. The predicted octanol–water partition coefficient (Wildman–Crippen LogP) is 4.43. The first-order chi connectivity index (χ1) is 13.9. The maximum atomic E-state index is 12.5. The fraction of sp³-hybridized carbons (Fsp3) is 0.130. The fourth-order valence-electron chi connectivity index (χ4n) is 3.50. The molecule has 2 aromatic carbocycles. The molecule has 0 bridgehead atoms. The van der Waals surface area contributed by atoms with Crippen molar-refractivity contribution in [3.63, 3.8) is 0 Å². The van der Waals surface area contributed by atoms with E-state index in [1.807, 2.05) is 30.3 Å². The van der Waals surface area contributed by atoms with Crippen molar-refractivity contribution in [2.24, 2.45) is 7.05 Å². The van der Waals surface area contributed by atoms with Crippen LogP contribution in [0.4, 0.5) is 0 Å². The Kier molecular flexibility index (Phi) is 4.99. The van der Waals surface area contributed by atoms with Gasteiger partial charge in [-0.3, -0.25) is 9.59 Å². The molecule has 0 saturated heterocycles. The summed E-state index contributed by atoms with van der Waals surface area (Å²) in [4.78, 5) is 27.5. The van der Waals surface area contributed by atoms with E-state index in [0.717, 1.165) is 33.3 Å². The van der Waals surface area contributed by atoms with Crippen molar-refractivity contribution in [1.29, 1.82) is 0 Å². The van der Waals surface area contributed by atoms with E-state index in [1.165, 1.54) is 22.9 Å². The number of carbonyl (C=O) groups is 1. The molecule has 0 aliphatic rings. The summed E-state index contributed by atoms with van der Waals surface area (Å²) >= 11 is 6.36. The summed E-state index contributed by atoms with van der Waals surface area (Å²) < 4.78 is 1.38. The lowest BCUT2D eigenvalue weighted by Gasteiger charge is -2.08. The minimum atomic E-state index is -0.250. The molecule has 146 valence electrons. The number of halogens is 1. The monoisotopic (exact) mass is 405 g/mol. The molecule has 0 radical (unpaired) electrons. The molecule has 1 amide bonds. The van der Waals surface area contributed by atoms with E-state index in [-0.39, 0.29) is 11.5 Å². The Labute approximate surface area is 173 Å². The average molecular weight is 406 g/mol. The fourth-order valence-corrected chi connectivity index (χ4v) is 3.74. The molecule has 4 aromatic rings. The highest BCUT2D eigenvalue weighted by Crippen LogP contribution is 2.33. The van der Waals surface area contributed by atoms with Crippen LogP contribution in [0.1, 0.15) is 21.5 Å². The summed E-state index contributed by atoms with van der Waals surface area (Å²) in [5.41, 5.74) is 5.36. The number of hydrogen-bond acceptors (Lipinski definition) is 2. The maximum absolute atomic E-state index is 12.5. The second-order valence-corrected chi connectivity index (χ2v) is 7.46. The van der Waals surface area contributed by atoms with E-state index in [2.05, 4.69) is 29.4 Å². The van der Waals surface area contributed by atoms with Crippen LogP contribution in [0.2, 0.25) is 5.02 Å². The third kappa shape index (κ3) is 3.69. The van der Waals surface area contributed by atoms with Crippen molar-refractivity contribution in [2.75, 3.05) is 0 Å². The Bertz CT molecular complexity index is 1270. The van der Waals surface area contributed by atoms with Gasteiger partial charge in [-0.15, -0.1) is 0 Å². The standard InChI is InChI=1S/C23H20ClN3O2/c1-14-19-11-18(24)10-17(22(19)26-21(14)15-6-4-3-5-7-15)12-25-23(29)16-8-9-20(28)27(2)13-16/h3-11,13,26H,12H2,1-2H3,(H,25,29). The molecule has 0 spiro atoms. The molecule has 2 heterocycles. The molecule has 2 aromatic heterocycles. The van der Waals surface area contributed by atoms with Crippen LogP contribution >= 0.6 is 11.6 Å². The molecule has 2 N–H and O–H groups in total. The number of aromatic nitrogens is 2. The van der Waals surface area contributed by atoms with E-state index in [4.69, 9.17) is 11.6 Å². The van der Waals surface area contributed by atoms with Crippen molar-refractivity contribution in [3.8, 4) is 11.3 Å². The first-order valence-electron chi connectivity index (χ1n) is 9.25. The van der Waals surface area contributed by atoms with Gasteiger partial charge in [-0.2, -0.15) is 0 Å². The molecule has 0 saturated carbocycles. The lowest BCUT2D eigenvalue weighted by atomic mass is 10.1. The van der Waals surface area contributed by atoms with Crippen LogP contribution < -0.4 is 10.9 Å². The normalized spacial score (nSPS) is 11.0. The molecule has 29 heavy (non-hydrogen) atoms. The van der Waals surface area contributed by atoms with Crippen molar-refractivity contribution in [2.45, 2.75) is 13.5 Å². The van der Waals surface area contributed by atoms with Crippen LogP contribution in [0.3, 0.4) is 0 Å². The Morgan fingerprint density at radius 3 is 2.62 bits per heavy atom. The molecule has 6 heteroatoms. The zero-order valence-electron chi connectivity index (χ0n) is 16.1. The van der Waals surface area contributed by atoms with Crippen LogP contribution in [0.25, 0.3) is 22.2 Å². The molecule has 0 aliphatic heterocycles. The largest absolute Gasteiger partial charge is 0.354 e. The highest BCUT2D eigenvalue weighted by atomic mass is 35.5. The van der Waals surface area contributed by atoms with Gasteiger partial charge in [0, 0.05) is 42.0 Å². The number of benzene rings is 2. The number of aromatic amines is 1. The first kappa shape index (κ1) is 19.0. The van der Waals surface area contributed by atoms with Crippen LogP contribution in [0.5, 0.6) is 0 Å². The SMILES string of the molecule is Cc1c(-c2ccccc2)[nH]c2c(CNC(=O)c3ccc(=O)n(C)c3)cc(Cl)cc12. The van der Waals surface area contributed by atoms with Gasteiger partial charge in [0.1, 0.15) is 0 Å². The summed E-state index contributed by atoms with van der Waals surface area (Å²) in [6.45, 7) is 2.37. The van der Waals surface area contributed by atoms with Crippen molar-refractivity contribution in [1.82, 2.24) is 14.9 Å². The summed E-state index contributed by atoms with van der Waals surface area (Å²) in [6.07, 6.45) is 1.53. The molecular weight excluding hydrogens is 386 g/mol. The van der Waals surface area contributed by atoms with E-state index < -0.39 is 0 Å². The second kappa shape index (κ2) is 7.60. The van der Waals surface area contributed by atoms with Gasteiger partial charge in [0.25, 0.3) is 5.91 Å². The van der Waals surface area contributed by atoms with E-state index >= 15 is 0 Å². The van der Waals surface area contributed by atoms with Crippen LogP contribution in [-0.2, 0) is 13.6 Å². The van der Waals surface area contributed by atoms with Gasteiger partial charge in [-0.05, 0) is 41.8 Å². The quantitative estimate of drug-likeness (QED) is 0.527. The third-order valence-corrected chi connectivity index (χ3v) is 5.28. The molecule has 4 rings (SSSR count). The Balaban J connectivity index is 1.67. The minimum absolute atomic E-state index is 0.159. The Morgan fingerprint density at radius 1 is 1.14 bits per heavy atom. The van der Waals surface area contributed by atoms with Gasteiger partial charge in [0.15, 0.2) is 0 Å². The number of fused-ring (bicyclic) bond motifs is 1. The van der Waals surface area contributed by atoms with Crippen LogP contribution in [-0.4, -0.2) is 15.5 Å². The van der Waals surface area contributed by atoms with Gasteiger partial charge < -0.3 is 14.9 Å². The maximum Gasteiger partial charge on any atom is 0.253 e. The number of pyridine rings is 1. The van der Waals surface area contributed by atoms with E-state index in [9.17, 15) is 9.59 Å². The highest BCUT2D eigenvalue weighted by Gasteiger charge is 2.14. The lowest BCUT2D eigenvalue weighted by Crippen LogP contribution is -2.25. The smallest absolute Gasteiger partial charge is 0.253 e. The van der Waals surface area contributed by atoms with E-state index in [1.54, 1.807) is 7.05 Å². The summed E-state index contributed by atoms with van der Waals surface area (Å²) in [6, 6.07) is 16.8. The van der Waals surface area contributed by atoms with Gasteiger partial charge in [-0.25, -0.2) is 0 Å². The number of hydrogen-bond donors (Lipinski definition) is 2. The van der Waals surface area contributed by atoms with Crippen LogP contribution in [0.15, 0.2) is 65.6 Å². The first-order valence-corrected chi connectivity index (χ1v) is 9.63. The second-order valence-electron chi connectivity index (χ2n) is 7.03. The molecule has 0 fully saturated rings. The number of H-pyrrole nitrogens is 1. The van der Waals surface area contributed by atoms with Gasteiger partial charge in [-0.1, -0.05) is 41.9 Å². The van der Waals surface area contributed by atoms with Gasteiger partial charge in [0.05, 0.1) is 11.1 Å². The highest BCUT2D eigenvalue weighted by molar-refractivity contribution is 6.31. The molecular formula is C23H20ClN3O2. The predicted molar refractivity (Wildman–Crippen MR) is 116 cm³/mol. The number of carbonyl (C=O) groups excluding carboxylic acids is 1. The third-order valence-electron chi connectivity index (χ3n) is 5.06. The zero-order valence-corrected chi connectivity index (χ0v) is 16.9. The Morgan fingerprint density at radius 2 is 1.90 bits per heavy atom. The summed E-state index contributed by atoms with van der Waals surface area (Å²) in [5.74, 6) is -0.250. The lowest BCUT2D eigenvalue weighted by molar-refractivity contribution is 0.0950. The summed E-state index contributed by atoms with van der Waals surface area (Å²) in [5, 5.41) is 4.56. The van der Waals surface area contributed by atoms with Gasteiger partial charge in [0.2, 0.25) is 5.56 Å². The van der Waals surface area contributed by atoms with Gasteiger partial charge >= 0.3 is 0 Å². The average Bonchev–Trinajstić information content (AvgIpc) is 3.05. The minimum Gasteiger partial charge on any atom is -0.354 e. The van der Waals surface area contributed by atoms with E-state index in [0.29, 0.717) is 17.1 Å². The van der Waals surface area contributed by atoms with Crippen molar-refractivity contribution in [3.05, 3.63) is 92.9 Å². The Hall–Kier alpha value is -3.31.